The van der Waals surface area contributed by atoms with Crippen molar-refractivity contribution in [2.45, 2.75) is 18.7 Å². The van der Waals surface area contributed by atoms with Crippen LogP contribution in [0.15, 0.2) is 76.7 Å². The monoisotopic (exact) mass is 511 g/mol. The number of aryl methyl sites for hydroxylation is 1. The molecule has 1 amide bonds. The smallest absolute Gasteiger partial charge is 0.264 e. The van der Waals surface area contributed by atoms with E-state index in [1.165, 1.54) is 32.6 Å². The lowest BCUT2D eigenvalue weighted by Gasteiger charge is -2.24. The summed E-state index contributed by atoms with van der Waals surface area (Å²) in [5.41, 5.74) is 4.20. The minimum Gasteiger partial charge on any atom is -0.497 e. The molecule has 10 heteroatoms. The van der Waals surface area contributed by atoms with Gasteiger partial charge >= 0.3 is 0 Å². The quantitative estimate of drug-likeness (QED) is 0.310. The lowest BCUT2D eigenvalue weighted by molar-refractivity contribution is -0.119. The number of carbonyl (C=O) groups excluding carboxylic acids is 1. The van der Waals surface area contributed by atoms with Crippen LogP contribution in [-0.4, -0.2) is 47.9 Å². The lowest BCUT2D eigenvalue weighted by Crippen LogP contribution is -2.39. The number of hydrogen-bond donors (Lipinski definition) is 1. The van der Waals surface area contributed by atoms with Gasteiger partial charge in [0, 0.05) is 5.56 Å². The highest BCUT2D eigenvalue weighted by molar-refractivity contribution is 7.92. The fourth-order valence-corrected chi connectivity index (χ4v) is 4.73. The SMILES string of the molecule is CCOc1ccc(N(CC(=O)N/N=C\c2cc(OC)ccc2OC)S(=O)(=O)c2ccc(C)cc2)cc1. The molecule has 0 aliphatic rings. The van der Waals surface area contributed by atoms with Crippen LogP contribution in [0.25, 0.3) is 0 Å². The van der Waals surface area contributed by atoms with E-state index in [2.05, 4.69) is 10.5 Å². The van der Waals surface area contributed by atoms with Gasteiger partial charge in [0.25, 0.3) is 15.9 Å². The van der Waals surface area contributed by atoms with Gasteiger partial charge in [0.15, 0.2) is 0 Å². The Morgan fingerprint density at radius 3 is 2.25 bits per heavy atom. The number of amides is 1. The zero-order chi connectivity index (χ0) is 26.1. The van der Waals surface area contributed by atoms with Crippen LogP contribution >= 0.6 is 0 Å². The fourth-order valence-electron chi connectivity index (χ4n) is 3.31. The molecule has 0 aromatic heterocycles. The molecule has 0 aliphatic heterocycles. The summed E-state index contributed by atoms with van der Waals surface area (Å²) in [6.45, 7) is 3.71. The number of hydrazone groups is 1. The Morgan fingerprint density at radius 2 is 1.64 bits per heavy atom. The summed E-state index contributed by atoms with van der Waals surface area (Å²) in [5, 5.41) is 3.98. The average molecular weight is 512 g/mol. The molecule has 0 aliphatic carbocycles. The first-order valence-corrected chi connectivity index (χ1v) is 12.6. The van der Waals surface area contributed by atoms with Gasteiger partial charge in [0.05, 0.1) is 37.6 Å². The maximum atomic E-state index is 13.5. The Morgan fingerprint density at radius 1 is 0.972 bits per heavy atom. The van der Waals surface area contributed by atoms with Crippen molar-refractivity contribution in [1.29, 1.82) is 0 Å². The minimum absolute atomic E-state index is 0.0689. The topological polar surface area (TPSA) is 107 Å². The molecule has 0 bridgehead atoms. The van der Waals surface area contributed by atoms with Crippen molar-refractivity contribution < 1.29 is 27.4 Å². The summed E-state index contributed by atoms with van der Waals surface area (Å²) >= 11 is 0. The Hall–Kier alpha value is -4.05. The largest absolute Gasteiger partial charge is 0.497 e. The Kier molecular flexibility index (Phi) is 8.91. The molecule has 0 radical (unpaired) electrons. The molecule has 0 spiro atoms. The van der Waals surface area contributed by atoms with E-state index in [9.17, 15) is 13.2 Å². The molecule has 190 valence electrons. The average Bonchev–Trinajstić information content (AvgIpc) is 2.88. The third-order valence-corrected chi connectivity index (χ3v) is 6.95. The predicted octanol–water partition coefficient (Wildman–Crippen LogP) is 3.76. The van der Waals surface area contributed by atoms with E-state index in [4.69, 9.17) is 14.2 Å². The summed E-state index contributed by atoms with van der Waals surface area (Å²) in [6.07, 6.45) is 1.40. The van der Waals surface area contributed by atoms with E-state index in [-0.39, 0.29) is 4.90 Å². The van der Waals surface area contributed by atoms with Crippen LogP contribution in [0.5, 0.6) is 17.2 Å². The number of nitrogens with one attached hydrogen (secondary N) is 1. The van der Waals surface area contributed by atoms with E-state index in [0.29, 0.717) is 35.1 Å². The molecular weight excluding hydrogens is 482 g/mol. The third-order valence-electron chi connectivity index (χ3n) is 5.16. The first-order chi connectivity index (χ1) is 17.3. The van der Waals surface area contributed by atoms with E-state index in [1.807, 2.05) is 13.8 Å². The Balaban J connectivity index is 1.85. The predicted molar refractivity (Wildman–Crippen MR) is 139 cm³/mol. The molecule has 0 heterocycles. The van der Waals surface area contributed by atoms with Crippen molar-refractivity contribution in [3.63, 3.8) is 0 Å². The first-order valence-electron chi connectivity index (χ1n) is 11.1. The van der Waals surface area contributed by atoms with Gasteiger partial charge in [-0.15, -0.1) is 0 Å². The zero-order valence-electron chi connectivity index (χ0n) is 20.6. The van der Waals surface area contributed by atoms with Crippen LogP contribution in [0.3, 0.4) is 0 Å². The highest BCUT2D eigenvalue weighted by atomic mass is 32.2. The number of carbonyl (C=O) groups is 1. The number of hydrogen-bond acceptors (Lipinski definition) is 7. The molecule has 9 nitrogen and oxygen atoms in total. The van der Waals surface area contributed by atoms with Crippen LogP contribution in [0.4, 0.5) is 5.69 Å². The standard InChI is InChI=1S/C26H29N3O6S/c1-5-35-22-10-8-21(9-11-22)29(36(31,32)24-13-6-19(2)7-14-24)18-26(30)28-27-17-20-16-23(33-3)12-15-25(20)34-4/h6-17H,5,18H2,1-4H3,(H,28,30)/b27-17-. The molecule has 3 aromatic rings. The zero-order valence-corrected chi connectivity index (χ0v) is 21.4. The maximum absolute atomic E-state index is 13.5. The number of rotatable bonds is 11. The maximum Gasteiger partial charge on any atom is 0.264 e. The van der Waals surface area contributed by atoms with Crippen LogP contribution in [0, 0.1) is 6.92 Å². The van der Waals surface area contributed by atoms with Crippen molar-refractivity contribution in [2.24, 2.45) is 5.10 Å². The molecule has 0 atom stereocenters. The van der Waals surface area contributed by atoms with Crippen LogP contribution < -0.4 is 23.9 Å². The van der Waals surface area contributed by atoms with Gasteiger partial charge < -0.3 is 14.2 Å². The van der Waals surface area contributed by atoms with E-state index in [0.717, 1.165) is 9.87 Å². The highest BCUT2D eigenvalue weighted by Gasteiger charge is 2.27. The lowest BCUT2D eigenvalue weighted by atomic mass is 10.2. The number of ether oxygens (including phenoxy) is 3. The van der Waals surface area contributed by atoms with Crippen molar-refractivity contribution >= 4 is 27.8 Å². The van der Waals surface area contributed by atoms with Gasteiger partial charge in [-0.25, -0.2) is 13.8 Å². The number of nitrogens with zero attached hydrogens (tertiary/aromatic N) is 2. The van der Waals surface area contributed by atoms with Crippen molar-refractivity contribution in [2.75, 3.05) is 31.7 Å². The summed E-state index contributed by atoms with van der Waals surface area (Å²) in [5.74, 6) is 1.09. The molecule has 0 unspecified atom stereocenters. The highest BCUT2D eigenvalue weighted by Crippen LogP contribution is 2.26. The molecule has 1 N–H and O–H groups in total. The molecule has 0 saturated carbocycles. The fraction of sp³-hybridized carbons (Fsp3) is 0.231. The Labute approximate surface area is 211 Å². The summed E-state index contributed by atoms with van der Waals surface area (Å²) in [6, 6.07) is 18.1. The van der Waals surface area contributed by atoms with E-state index >= 15 is 0 Å². The van der Waals surface area contributed by atoms with E-state index < -0.39 is 22.5 Å². The Bertz CT molecular complexity index is 1310. The molecule has 0 saturated heterocycles. The molecule has 36 heavy (non-hydrogen) atoms. The third kappa shape index (κ3) is 6.54. The second kappa shape index (κ2) is 12.1. The number of sulfonamides is 1. The van der Waals surface area contributed by atoms with Gasteiger partial charge in [0.2, 0.25) is 0 Å². The summed E-state index contributed by atoms with van der Waals surface area (Å²) < 4.78 is 44.0. The van der Waals surface area contributed by atoms with Gasteiger partial charge in [0.1, 0.15) is 23.8 Å². The van der Waals surface area contributed by atoms with Gasteiger partial charge in [-0.1, -0.05) is 17.7 Å². The number of anilines is 1. The first kappa shape index (κ1) is 26.6. The van der Waals surface area contributed by atoms with Gasteiger partial charge in [-0.3, -0.25) is 9.10 Å². The molecule has 3 rings (SSSR count). The van der Waals surface area contributed by atoms with Crippen molar-refractivity contribution in [1.82, 2.24) is 5.43 Å². The molecule has 0 fully saturated rings. The van der Waals surface area contributed by atoms with Gasteiger partial charge in [-0.2, -0.15) is 5.10 Å². The normalized spacial score (nSPS) is 11.2. The van der Waals surface area contributed by atoms with Crippen LogP contribution in [0.1, 0.15) is 18.1 Å². The number of methoxy groups -OCH3 is 2. The van der Waals surface area contributed by atoms with E-state index in [1.54, 1.807) is 54.6 Å². The summed E-state index contributed by atoms with van der Waals surface area (Å²) in [7, 11) is -0.992. The second-order valence-electron chi connectivity index (χ2n) is 7.65. The molecule has 3 aromatic carbocycles. The van der Waals surface area contributed by atoms with Crippen LogP contribution in [-0.2, 0) is 14.8 Å². The number of benzene rings is 3. The van der Waals surface area contributed by atoms with Gasteiger partial charge in [-0.05, 0) is 68.4 Å². The molecular formula is C26H29N3O6S. The summed E-state index contributed by atoms with van der Waals surface area (Å²) in [4.78, 5) is 12.9. The van der Waals surface area contributed by atoms with Crippen LogP contribution in [0.2, 0.25) is 0 Å². The van der Waals surface area contributed by atoms with Crippen molar-refractivity contribution in [3.8, 4) is 17.2 Å². The second-order valence-corrected chi connectivity index (χ2v) is 9.52. The minimum atomic E-state index is -4.04. The van der Waals surface area contributed by atoms with Crippen molar-refractivity contribution in [3.05, 3.63) is 77.9 Å².